The molecule has 2 nitrogen and oxygen atoms in total. The standard InChI is InChI=1S/C5H10S2.2C4H6OS.C3H8/c1-2-6-4-5-7-3-1;2*5-6-3-1-2-4-6;1-3-2/h1-5H2;1,3H,2,4H2;1-2H,3-4H2;3H2,1-2H3. The Morgan fingerprint density at radius 3 is 1.73 bits per heavy atom. The highest BCUT2D eigenvalue weighted by atomic mass is 32.2. The van der Waals surface area contributed by atoms with Crippen LogP contribution >= 0.6 is 23.5 Å². The van der Waals surface area contributed by atoms with E-state index in [0.29, 0.717) is 0 Å². The molecule has 1 fully saturated rings. The molecule has 22 heavy (non-hydrogen) atoms. The molecule has 3 aliphatic heterocycles. The third-order valence-electron chi connectivity index (χ3n) is 2.41. The zero-order chi connectivity index (χ0) is 16.5. The highest BCUT2D eigenvalue weighted by molar-refractivity contribution is 8.03. The third kappa shape index (κ3) is 16.8. The van der Waals surface area contributed by atoms with Crippen LogP contribution in [0.3, 0.4) is 0 Å². The minimum atomic E-state index is -0.603. The summed E-state index contributed by atoms with van der Waals surface area (Å²) in [5.41, 5.74) is 0. The summed E-state index contributed by atoms with van der Waals surface area (Å²) >= 11 is 4.19. The fourth-order valence-electron chi connectivity index (χ4n) is 1.43. The first kappa shape index (κ1) is 22.5. The lowest BCUT2D eigenvalue weighted by Crippen LogP contribution is -1.87. The van der Waals surface area contributed by atoms with Crippen molar-refractivity contribution >= 4 is 45.1 Å². The Kier molecular flexibility index (Phi) is 18.2. The van der Waals surface area contributed by atoms with Gasteiger partial charge in [0.1, 0.15) is 0 Å². The molecule has 0 aliphatic carbocycles. The Bertz CT molecular complexity index is 324. The summed E-state index contributed by atoms with van der Waals surface area (Å²) in [6, 6.07) is 0. The van der Waals surface area contributed by atoms with Crippen molar-refractivity contribution in [3.63, 3.8) is 0 Å². The lowest BCUT2D eigenvalue weighted by molar-refractivity contribution is 0.687. The van der Waals surface area contributed by atoms with Crippen LogP contribution < -0.4 is 0 Å². The van der Waals surface area contributed by atoms with Crippen LogP contribution in [0.2, 0.25) is 0 Å². The van der Waals surface area contributed by atoms with Gasteiger partial charge in [-0.15, -0.1) is 0 Å². The second-order valence-corrected chi connectivity index (χ2v) is 10.2. The molecule has 0 saturated carbocycles. The van der Waals surface area contributed by atoms with Crippen molar-refractivity contribution in [3.05, 3.63) is 23.6 Å². The van der Waals surface area contributed by atoms with Crippen LogP contribution in [0, 0.1) is 0 Å². The van der Waals surface area contributed by atoms with E-state index in [2.05, 4.69) is 37.4 Å². The highest BCUT2D eigenvalue weighted by Gasteiger charge is 1.97. The van der Waals surface area contributed by atoms with Crippen molar-refractivity contribution in [2.75, 3.05) is 40.3 Å². The van der Waals surface area contributed by atoms with Gasteiger partial charge in [-0.25, -0.2) is 0 Å². The fourth-order valence-corrected chi connectivity index (χ4v) is 5.35. The van der Waals surface area contributed by atoms with Crippen LogP contribution in [0.1, 0.15) is 33.1 Å². The first-order chi connectivity index (χ1) is 10.7. The van der Waals surface area contributed by atoms with Crippen LogP contribution in [0.4, 0.5) is 0 Å². The van der Waals surface area contributed by atoms with Crippen molar-refractivity contribution in [3.8, 4) is 0 Å². The number of hydrogen-bond acceptors (Lipinski definition) is 4. The molecule has 0 bridgehead atoms. The zero-order valence-corrected chi connectivity index (χ0v) is 17.1. The summed E-state index contributed by atoms with van der Waals surface area (Å²) in [6.45, 7) is 4.25. The predicted molar refractivity (Wildman–Crippen MR) is 109 cm³/mol. The van der Waals surface area contributed by atoms with Crippen molar-refractivity contribution in [2.45, 2.75) is 33.1 Å². The van der Waals surface area contributed by atoms with Gasteiger partial charge in [-0.2, -0.15) is 23.5 Å². The van der Waals surface area contributed by atoms with Crippen molar-refractivity contribution in [1.29, 1.82) is 0 Å². The summed E-state index contributed by atoms with van der Waals surface area (Å²) < 4.78 is 20.6. The van der Waals surface area contributed by atoms with Gasteiger partial charge in [-0.1, -0.05) is 38.5 Å². The van der Waals surface area contributed by atoms with E-state index in [1.165, 1.54) is 35.9 Å². The maximum absolute atomic E-state index is 10.3. The van der Waals surface area contributed by atoms with Gasteiger partial charge in [0.25, 0.3) is 0 Å². The van der Waals surface area contributed by atoms with E-state index >= 15 is 0 Å². The van der Waals surface area contributed by atoms with E-state index in [1.54, 1.807) is 5.41 Å². The number of hydrogen-bond donors (Lipinski definition) is 0. The number of thioether (sulfide) groups is 2. The summed E-state index contributed by atoms with van der Waals surface area (Å²) in [7, 11) is -1.14. The fraction of sp³-hybridized carbons (Fsp3) is 0.750. The summed E-state index contributed by atoms with van der Waals surface area (Å²) in [5, 5.41) is 1.75. The maximum Gasteiger partial charge on any atom is 0.0455 e. The predicted octanol–water partition coefficient (Wildman–Crippen LogP) is 4.23. The normalized spacial score (nSPS) is 23.3. The number of rotatable bonds is 0. The second-order valence-electron chi connectivity index (χ2n) is 4.78. The van der Waals surface area contributed by atoms with Crippen LogP contribution in [0.25, 0.3) is 0 Å². The van der Waals surface area contributed by atoms with E-state index in [1.807, 2.05) is 18.2 Å². The molecule has 0 aromatic heterocycles. The molecule has 0 spiro atoms. The van der Waals surface area contributed by atoms with Crippen molar-refractivity contribution in [1.82, 2.24) is 0 Å². The van der Waals surface area contributed by atoms with E-state index in [9.17, 15) is 8.42 Å². The van der Waals surface area contributed by atoms with Gasteiger partial charge >= 0.3 is 0 Å². The van der Waals surface area contributed by atoms with Crippen LogP contribution in [-0.2, 0) is 21.6 Å². The average molecular weight is 383 g/mol. The number of allylic oxidation sites excluding steroid dienone is 1. The Morgan fingerprint density at radius 1 is 0.909 bits per heavy atom. The summed E-state index contributed by atoms with van der Waals surface area (Å²) in [6.07, 6.45) is 9.55. The van der Waals surface area contributed by atoms with Gasteiger partial charge in [-0.05, 0) is 29.8 Å². The van der Waals surface area contributed by atoms with E-state index in [0.717, 1.165) is 23.7 Å². The van der Waals surface area contributed by atoms with E-state index in [-0.39, 0.29) is 0 Å². The third-order valence-corrected chi connectivity index (χ3v) is 7.08. The van der Waals surface area contributed by atoms with E-state index in [4.69, 9.17) is 0 Å². The zero-order valence-electron chi connectivity index (χ0n) is 13.8. The van der Waals surface area contributed by atoms with Crippen molar-refractivity contribution in [2.24, 2.45) is 0 Å². The van der Waals surface area contributed by atoms with Crippen LogP contribution in [-0.4, -0.2) is 48.7 Å². The quantitative estimate of drug-likeness (QED) is 0.587. The van der Waals surface area contributed by atoms with Gasteiger partial charge in [0.15, 0.2) is 0 Å². The molecular weight excluding hydrogens is 352 g/mol. The second kappa shape index (κ2) is 17.8. The molecule has 0 amide bonds. The monoisotopic (exact) mass is 382 g/mol. The van der Waals surface area contributed by atoms with Gasteiger partial charge in [0.05, 0.1) is 0 Å². The molecule has 0 aromatic carbocycles. The molecule has 0 radical (unpaired) electrons. The van der Waals surface area contributed by atoms with Crippen LogP contribution in [0.15, 0.2) is 23.6 Å². The Hall–Kier alpha value is 0.480. The average Bonchev–Trinajstić information content (AvgIpc) is 3.07. The molecule has 130 valence electrons. The topological polar surface area (TPSA) is 34.1 Å². The van der Waals surface area contributed by atoms with E-state index < -0.39 is 21.6 Å². The van der Waals surface area contributed by atoms with Gasteiger partial charge in [-0.3, -0.25) is 8.42 Å². The largest absolute Gasteiger partial charge is 0.259 e. The molecule has 6 heteroatoms. The maximum atomic E-state index is 10.3. The van der Waals surface area contributed by atoms with Gasteiger partial charge < -0.3 is 0 Å². The van der Waals surface area contributed by atoms with Gasteiger partial charge in [0, 0.05) is 50.4 Å². The summed E-state index contributed by atoms with van der Waals surface area (Å²) in [4.78, 5) is 0. The molecule has 0 N–H and O–H groups in total. The molecule has 1 unspecified atom stereocenters. The minimum Gasteiger partial charge on any atom is -0.259 e. The Morgan fingerprint density at radius 2 is 1.45 bits per heavy atom. The molecular formula is C16H30O2S4. The van der Waals surface area contributed by atoms with Gasteiger partial charge in [0.2, 0.25) is 0 Å². The highest BCUT2D eigenvalue weighted by Crippen LogP contribution is 2.14. The molecule has 3 heterocycles. The molecule has 1 saturated heterocycles. The molecule has 1 atom stereocenters. The lowest BCUT2D eigenvalue weighted by Gasteiger charge is -1.86. The molecule has 0 aromatic rings. The molecule has 3 aliphatic rings. The Balaban J connectivity index is 0.000000278. The van der Waals surface area contributed by atoms with Crippen LogP contribution in [0.5, 0.6) is 0 Å². The first-order valence-corrected chi connectivity index (χ1v) is 13.1. The first-order valence-electron chi connectivity index (χ1n) is 7.90. The molecule has 3 rings (SSSR count). The van der Waals surface area contributed by atoms with Crippen molar-refractivity contribution < 1.29 is 8.42 Å². The SMILES string of the molecule is C1CSCCSC1.CCC.O=S1C=CCC1.O=S1CC=CC1. The summed E-state index contributed by atoms with van der Waals surface area (Å²) in [5.74, 6) is 7.95. The Labute approximate surface area is 150 Å². The lowest BCUT2D eigenvalue weighted by atomic mass is 10.5. The smallest absolute Gasteiger partial charge is 0.0455 e. The minimum absolute atomic E-state index is 0.534.